The van der Waals surface area contributed by atoms with Gasteiger partial charge in [0.15, 0.2) is 11.3 Å². The van der Waals surface area contributed by atoms with Gasteiger partial charge in [-0.25, -0.2) is 39.9 Å². The molecule has 16 heteroatoms. The van der Waals surface area contributed by atoms with E-state index in [9.17, 15) is 0 Å². The molecule has 0 spiro atoms. The van der Waals surface area contributed by atoms with E-state index in [4.69, 9.17) is 34.4 Å². The van der Waals surface area contributed by atoms with Crippen LogP contribution in [0.5, 0.6) is 11.5 Å². The second-order valence-electron chi connectivity index (χ2n) is 25.4. The molecule has 0 bridgehead atoms. The molecule has 16 nitrogen and oxygen atoms in total. The average molecular weight is 1060 g/mol. The van der Waals surface area contributed by atoms with E-state index in [0.29, 0.717) is 50.8 Å². The summed E-state index contributed by atoms with van der Waals surface area (Å²) in [7, 11) is 0. The highest BCUT2D eigenvalue weighted by Gasteiger charge is 2.39. The van der Waals surface area contributed by atoms with Crippen molar-refractivity contribution in [3.05, 3.63) is 118 Å². The maximum atomic E-state index is 7.33. The Balaban J connectivity index is 0.738. The molecule has 2 saturated carbocycles. The zero-order chi connectivity index (χ0) is 53.6. The number of imidazole rings is 2. The molecule has 14 rings (SSSR count). The van der Waals surface area contributed by atoms with Gasteiger partial charge in [-0.15, -0.1) is 0 Å². The lowest BCUT2D eigenvalue weighted by atomic mass is 9.76. The minimum absolute atomic E-state index is 0.0407. The second kappa shape index (κ2) is 19.9. The van der Waals surface area contributed by atoms with Crippen molar-refractivity contribution in [2.45, 2.75) is 163 Å². The van der Waals surface area contributed by atoms with Crippen LogP contribution < -0.4 is 29.9 Å². The Morgan fingerprint density at radius 1 is 0.620 bits per heavy atom. The third kappa shape index (κ3) is 10.2. The summed E-state index contributed by atoms with van der Waals surface area (Å²) < 4.78 is 13.8. The standard InChI is InChI=1S/C63H74N14O2/c1-36-68-51-25-41(29-66-58(51)70-36)38-11-14-53-43(22-38)33-76(20-21-78-53)60-47-27-62(3,4)18-16-49(47)72-57(74-60)32-65-46-13-10-40(24-46)55-35-77(61-48-28-63(5,6)19-17-50(48)73-56(75-61)31-64-45-8-7-9-45)34-44-23-39(12-15-54(44)79-55)42-26-52-59(67-30-42)71-37(2)69-52/h11-12,14-15,22-23,25-26,29-30,40,45-46,55,64-65H,7-10,13,16-21,24,27-28,31-35H2,1-6H3,(H,66,68,70)(H,67,69,71). The van der Waals surface area contributed by atoms with E-state index in [0.717, 1.165) is 173 Å². The quantitative estimate of drug-likeness (QED) is 0.0959. The molecule has 0 radical (unpaired) electrons. The molecule has 0 saturated heterocycles. The lowest BCUT2D eigenvalue weighted by molar-refractivity contribution is 0.143. The molecule has 3 unspecified atom stereocenters. The Kier molecular flexibility index (Phi) is 12.7. The van der Waals surface area contributed by atoms with Gasteiger partial charge in [0.05, 0.1) is 37.2 Å². The number of ether oxygens (including phenoxy) is 2. The first kappa shape index (κ1) is 50.2. The van der Waals surface area contributed by atoms with Crippen molar-refractivity contribution in [3.63, 3.8) is 0 Å². The number of nitrogens with one attached hydrogen (secondary N) is 4. The number of rotatable bonds is 11. The van der Waals surface area contributed by atoms with Gasteiger partial charge in [0.1, 0.15) is 59.1 Å². The van der Waals surface area contributed by atoms with E-state index in [2.05, 4.69) is 122 Å². The van der Waals surface area contributed by atoms with Crippen LogP contribution in [0.4, 0.5) is 11.6 Å². The van der Waals surface area contributed by atoms with Crippen LogP contribution in [0.2, 0.25) is 0 Å². The zero-order valence-corrected chi connectivity index (χ0v) is 46.8. The largest absolute Gasteiger partial charge is 0.491 e. The smallest absolute Gasteiger partial charge is 0.177 e. The molecule has 2 fully saturated rings. The molecule has 0 amide bonds. The van der Waals surface area contributed by atoms with E-state index < -0.39 is 0 Å². The molecule has 6 aromatic heterocycles. The molecule has 8 aromatic rings. The van der Waals surface area contributed by atoms with Crippen LogP contribution in [0.3, 0.4) is 0 Å². The summed E-state index contributed by atoms with van der Waals surface area (Å²) in [6, 6.07) is 18.4. The summed E-state index contributed by atoms with van der Waals surface area (Å²) in [4.78, 5) is 51.9. The Labute approximate surface area is 462 Å². The molecule has 6 aliphatic rings. The second-order valence-corrected chi connectivity index (χ2v) is 25.4. The molecular formula is C63H74N14O2. The highest BCUT2D eigenvalue weighted by atomic mass is 16.5. The summed E-state index contributed by atoms with van der Waals surface area (Å²) in [5.41, 5.74) is 15.3. The number of hydrogen-bond acceptors (Lipinski definition) is 14. The molecule has 8 heterocycles. The van der Waals surface area contributed by atoms with Crippen molar-refractivity contribution >= 4 is 34.0 Å². The number of fused-ring (bicyclic) bond motifs is 6. The van der Waals surface area contributed by atoms with E-state index in [1.54, 1.807) is 0 Å². The van der Waals surface area contributed by atoms with Gasteiger partial charge in [-0.3, -0.25) is 0 Å². The molecule has 408 valence electrons. The fraction of sp³-hybridized carbons (Fsp3) is 0.492. The fourth-order valence-corrected chi connectivity index (χ4v) is 13.5. The molecule has 2 aromatic carbocycles. The van der Waals surface area contributed by atoms with E-state index in [-0.39, 0.29) is 16.9 Å². The zero-order valence-electron chi connectivity index (χ0n) is 46.8. The van der Waals surface area contributed by atoms with E-state index in [1.165, 1.54) is 41.8 Å². The minimum Gasteiger partial charge on any atom is -0.491 e. The number of H-pyrrole nitrogens is 2. The van der Waals surface area contributed by atoms with Crippen molar-refractivity contribution in [1.29, 1.82) is 0 Å². The monoisotopic (exact) mass is 1060 g/mol. The normalized spacial score (nSPS) is 21.6. The Morgan fingerprint density at radius 3 is 1.80 bits per heavy atom. The van der Waals surface area contributed by atoms with Gasteiger partial charge in [-0.05, 0) is 149 Å². The lowest BCUT2D eigenvalue weighted by Gasteiger charge is -2.36. The van der Waals surface area contributed by atoms with Crippen molar-refractivity contribution in [1.82, 2.24) is 60.5 Å². The number of pyridine rings is 2. The van der Waals surface area contributed by atoms with Crippen LogP contribution in [0.25, 0.3) is 44.6 Å². The molecule has 4 N–H and O–H groups in total. The van der Waals surface area contributed by atoms with Crippen molar-refractivity contribution in [3.8, 4) is 33.8 Å². The van der Waals surface area contributed by atoms with Gasteiger partial charge in [0.2, 0.25) is 0 Å². The summed E-state index contributed by atoms with van der Waals surface area (Å²) in [6.45, 7) is 18.3. The van der Waals surface area contributed by atoms with Gasteiger partial charge >= 0.3 is 0 Å². The van der Waals surface area contributed by atoms with E-state index in [1.807, 2.05) is 26.2 Å². The predicted octanol–water partition coefficient (Wildman–Crippen LogP) is 10.6. The highest BCUT2D eigenvalue weighted by molar-refractivity contribution is 5.80. The molecule has 2 aliphatic heterocycles. The first-order valence-corrected chi connectivity index (χ1v) is 29.2. The van der Waals surface area contributed by atoms with Crippen molar-refractivity contribution in [2.24, 2.45) is 16.7 Å². The Bertz CT molecular complexity index is 3630. The van der Waals surface area contributed by atoms with Crippen molar-refractivity contribution in [2.75, 3.05) is 29.5 Å². The highest BCUT2D eigenvalue weighted by Crippen LogP contribution is 2.44. The summed E-state index contributed by atoms with van der Waals surface area (Å²) in [5, 5.41) is 7.79. The van der Waals surface area contributed by atoms with Crippen molar-refractivity contribution < 1.29 is 9.47 Å². The minimum atomic E-state index is -0.0407. The number of nitrogens with zero attached hydrogens (tertiary/aromatic N) is 10. The molecule has 3 atom stereocenters. The number of anilines is 2. The van der Waals surface area contributed by atoms with E-state index >= 15 is 0 Å². The Hall–Kier alpha value is -7.04. The Morgan fingerprint density at radius 2 is 1.19 bits per heavy atom. The van der Waals surface area contributed by atoms with Crippen LogP contribution in [0, 0.1) is 30.6 Å². The number of aromatic amines is 2. The first-order valence-electron chi connectivity index (χ1n) is 29.2. The van der Waals surface area contributed by atoms with Gasteiger partial charge in [-0.1, -0.05) is 46.2 Å². The number of hydrogen-bond donors (Lipinski definition) is 4. The predicted molar refractivity (Wildman–Crippen MR) is 308 cm³/mol. The molecular weight excluding hydrogens is 985 g/mol. The van der Waals surface area contributed by atoms with Gasteiger partial charge in [-0.2, -0.15) is 0 Å². The average Bonchev–Trinajstić information content (AvgIpc) is 4.13. The van der Waals surface area contributed by atoms with Crippen LogP contribution in [-0.4, -0.2) is 87.7 Å². The maximum Gasteiger partial charge on any atom is 0.177 e. The van der Waals surface area contributed by atoms with Gasteiger partial charge in [0, 0.05) is 82.3 Å². The maximum absolute atomic E-state index is 7.33. The van der Waals surface area contributed by atoms with Crippen LogP contribution >= 0.6 is 0 Å². The van der Waals surface area contributed by atoms with Gasteiger partial charge in [0.25, 0.3) is 0 Å². The summed E-state index contributed by atoms with van der Waals surface area (Å²) in [5.74, 6) is 7.83. The summed E-state index contributed by atoms with van der Waals surface area (Å²) in [6.07, 6.45) is 16.7. The first-order chi connectivity index (χ1) is 38.3. The number of benzene rings is 2. The number of aryl methyl sites for hydroxylation is 4. The SMILES string of the molecule is Cc1nc2ncc(-c3ccc4c(c3)CN(c3nc(CNC5CCC(C6CN(c7nc(CNC8CCC8)nc8c7CC(C)(C)CC8)Cc7cc(-c8cnc9nc(C)[nH]c9c8)ccc7O6)C5)nc5c3CC(C)(C)CC5)CCO4)cc2[nH]1. The molecule has 79 heavy (non-hydrogen) atoms. The number of aromatic nitrogens is 10. The van der Waals surface area contributed by atoms with Crippen LogP contribution in [-0.2, 0) is 51.9 Å². The summed E-state index contributed by atoms with van der Waals surface area (Å²) >= 11 is 0. The van der Waals surface area contributed by atoms with Gasteiger partial charge < -0.3 is 39.9 Å². The topological polar surface area (TPSA) is 184 Å². The lowest BCUT2D eigenvalue weighted by Crippen LogP contribution is -2.40. The fourth-order valence-electron chi connectivity index (χ4n) is 13.5. The molecule has 4 aliphatic carbocycles. The third-order valence-electron chi connectivity index (χ3n) is 18.1. The van der Waals surface area contributed by atoms with Crippen LogP contribution in [0.1, 0.15) is 136 Å². The third-order valence-corrected chi connectivity index (χ3v) is 18.1. The van der Waals surface area contributed by atoms with Crippen LogP contribution in [0.15, 0.2) is 60.9 Å².